The molecule has 2 rings (SSSR count). The summed E-state index contributed by atoms with van der Waals surface area (Å²) in [6, 6.07) is 0.215. The Hall–Kier alpha value is -1.20. The highest BCUT2D eigenvalue weighted by Gasteiger charge is 2.16. The van der Waals surface area contributed by atoms with Crippen molar-refractivity contribution in [3.63, 3.8) is 0 Å². The summed E-state index contributed by atoms with van der Waals surface area (Å²) in [5.74, 6) is 0. The molecule has 21 heavy (non-hydrogen) atoms. The number of rotatable bonds is 9. The zero-order valence-corrected chi connectivity index (χ0v) is 13.3. The van der Waals surface area contributed by atoms with Crippen molar-refractivity contribution in [3.05, 3.63) is 17.8 Å². The Morgan fingerprint density at radius 2 is 1.95 bits per heavy atom. The number of nitrogens with zero attached hydrogens (tertiary/aromatic N) is 4. The van der Waals surface area contributed by atoms with Gasteiger partial charge in [-0.2, -0.15) is 0 Å². The van der Waals surface area contributed by atoms with E-state index in [0.29, 0.717) is 17.1 Å². The Kier molecular flexibility index (Phi) is 6.39. The second-order valence-corrected chi connectivity index (χ2v) is 5.72. The van der Waals surface area contributed by atoms with Crippen molar-refractivity contribution in [2.75, 3.05) is 6.61 Å². The standard InChI is InChI=1S/C15H23ClN4O/c1-2-3-4-5-6-7-12(8-9-21)20-11-19-13-14(16)17-10-18-15(13)20/h10-12,21H,2-9H2,1H3/t12-/m0/s1. The Labute approximate surface area is 130 Å². The van der Waals surface area contributed by atoms with Crippen LogP contribution in [0, 0.1) is 0 Å². The minimum Gasteiger partial charge on any atom is -0.396 e. The highest BCUT2D eigenvalue weighted by molar-refractivity contribution is 6.33. The number of hydrogen-bond donors (Lipinski definition) is 1. The molecule has 0 bridgehead atoms. The number of aliphatic hydroxyl groups is 1. The summed E-state index contributed by atoms with van der Waals surface area (Å²) < 4.78 is 2.03. The largest absolute Gasteiger partial charge is 0.396 e. The maximum atomic E-state index is 9.31. The van der Waals surface area contributed by atoms with Crippen molar-refractivity contribution < 1.29 is 5.11 Å². The molecule has 0 saturated carbocycles. The van der Waals surface area contributed by atoms with Crippen molar-refractivity contribution in [3.8, 4) is 0 Å². The second kappa shape index (κ2) is 8.29. The molecule has 0 amide bonds. The number of imidazole rings is 1. The molecule has 2 heterocycles. The quantitative estimate of drug-likeness (QED) is 0.565. The first kappa shape index (κ1) is 16.2. The molecule has 5 nitrogen and oxygen atoms in total. The van der Waals surface area contributed by atoms with E-state index < -0.39 is 0 Å². The van der Waals surface area contributed by atoms with Gasteiger partial charge in [0.25, 0.3) is 0 Å². The van der Waals surface area contributed by atoms with Crippen LogP contribution >= 0.6 is 11.6 Å². The molecule has 0 fully saturated rings. The first-order chi connectivity index (χ1) is 10.3. The van der Waals surface area contributed by atoms with Crippen LogP contribution in [0.4, 0.5) is 0 Å². The summed E-state index contributed by atoms with van der Waals surface area (Å²) in [6.07, 6.45) is 11.2. The second-order valence-electron chi connectivity index (χ2n) is 5.36. The molecular formula is C15H23ClN4O. The van der Waals surface area contributed by atoms with Gasteiger partial charge in [0.15, 0.2) is 10.8 Å². The molecule has 2 aromatic rings. The van der Waals surface area contributed by atoms with Crippen LogP contribution in [-0.2, 0) is 0 Å². The maximum absolute atomic E-state index is 9.31. The molecular weight excluding hydrogens is 288 g/mol. The number of aliphatic hydroxyl groups excluding tert-OH is 1. The van der Waals surface area contributed by atoms with E-state index in [1.807, 2.05) is 4.57 Å². The van der Waals surface area contributed by atoms with Gasteiger partial charge >= 0.3 is 0 Å². The molecule has 0 unspecified atom stereocenters. The molecule has 0 spiro atoms. The van der Waals surface area contributed by atoms with Crippen LogP contribution in [-0.4, -0.2) is 31.2 Å². The molecule has 116 valence electrons. The number of hydrogen-bond acceptors (Lipinski definition) is 4. The van der Waals surface area contributed by atoms with Gasteiger partial charge in [-0.3, -0.25) is 0 Å². The Bertz CT molecular complexity index is 558. The van der Waals surface area contributed by atoms with E-state index in [-0.39, 0.29) is 12.6 Å². The lowest BCUT2D eigenvalue weighted by Gasteiger charge is -2.18. The zero-order chi connectivity index (χ0) is 15.1. The van der Waals surface area contributed by atoms with Crippen LogP contribution in [0.3, 0.4) is 0 Å². The maximum Gasteiger partial charge on any atom is 0.165 e. The van der Waals surface area contributed by atoms with Gasteiger partial charge in [0.05, 0.1) is 6.33 Å². The van der Waals surface area contributed by atoms with Crippen molar-refractivity contribution in [1.29, 1.82) is 0 Å². The summed E-state index contributed by atoms with van der Waals surface area (Å²) >= 11 is 6.04. The molecule has 0 radical (unpaired) electrons. The first-order valence-corrected chi connectivity index (χ1v) is 8.09. The van der Waals surface area contributed by atoms with Gasteiger partial charge < -0.3 is 9.67 Å². The van der Waals surface area contributed by atoms with Crippen molar-refractivity contribution >= 4 is 22.8 Å². The van der Waals surface area contributed by atoms with E-state index in [0.717, 1.165) is 18.5 Å². The Morgan fingerprint density at radius 3 is 2.71 bits per heavy atom. The minimum absolute atomic E-state index is 0.165. The molecule has 0 aliphatic rings. The van der Waals surface area contributed by atoms with Crippen molar-refractivity contribution in [2.24, 2.45) is 0 Å². The third-order valence-corrected chi connectivity index (χ3v) is 4.09. The Morgan fingerprint density at radius 1 is 1.14 bits per heavy atom. The van der Waals surface area contributed by atoms with Gasteiger partial charge in [-0.05, 0) is 12.8 Å². The lowest BCUT2D eigenvalue weighted by atomic mass is 10.0. The van der Waals surface area contributed by atoms with Crippen LogP contribution < -0.4 is 0 Å². The molecule has 1 N–H and O–H groups in total. The lowest BCUT2D eigenvalue weighted by Crippen LogP contribution is -2.11. The number of halogens is 1. The first-order valence-electron chi connectivity index (χ1n) is 7.71. The van der Waals surface area contributed by atoms with E-state index in [4.69, 9.17) is 11.6 Å². The van der Waals surface area contributed by atoms with Gasteiger partial charge in [-0.25, -0.2) is 15.0 Å². The highest BCUT2D eigenvalue weighted by Crippen LogP contribution is 2.25. The van der Waals surface area contributed by atoms with E-state index in [1.54, 1.807) is 6.33 Å². The van der Waals surface area contributed by atoms with Crippen LogP contribution in [0.2, 0.25) is 5.15 Å². The summed E-state index contributed by atoms with van der Waals surface area (Å²) in [5, 5.41) is 9.69. The SMILES string of the molecule is CCCCCCC[C@@H](CCO)n1cnc2c(Cl)ncnc21. The number of aromatic nitrogens is 4. The molecule has 1 atom stereocenters. The predicted molar refractivity (Wildman–Crippen MR) is 84.4 cm³/mol. The van der Waals surface area contributed by atoms with Crippen LogP contribution in [0.5, 0.6) is 0 Å². The van der Waals surface area contributed by atoms with E-state index in [1.165, 1.54) is 32.0 Å². The zero-order valence-electron chi connectivity index (χ0n) is 12.5. The fraction of sp³-hybridized carbons (Fsp3) is 0.667. The molecule has 0 saturated heterocycles. The van der Waals surface area contributed by atoms with Gasteiger partial charge in [-0.15, -0.1) is 0 Å². The van der Waals surface area contributed by atoms with Crippen molar-refractivity contribution in [1.82, 2.24) is 19.5 Å². The van der Waals surface area contributed by atoms with E-state index >= 15 is 0 Å². The average Bonchev–Trinajstić information content (AvgIpc) is 2.91. The molecule has 0 aliphatic heterocycles. The highest BCUT2D eigenvalue weighted by atomic mass is 35.5. The summed E-state index contributed by atoms with van der Waals surface area (Å²) in [5.41, 5.74) is 1.38. The summed E-state index contributed by atoms with van der Waals surface area (Å²) in [7, 11) is 0. The molecule has 6 heteroatoms. The van der Waals surface area contributed by atoms with Crippen LogP contribution in [0.1, 0.15) is 57.9 Å². The normalized spacial score (nSPS) is 12.9. The molecule has 0 aromatic carbocycles. The van der Waals surface area contributed by atoms with Crippen molar-refractivity contribution in [2.45, 2.75) is 57.9 Å². The molecule has 0 aliphatic carbocycles. The van der Waals surface area contributed by atoms with E-state index in [9.17, 15) is 5.11 Å². The smallest absolute Gasteiger partial charge is 0.165 e. The average molecular weight is 311 g/mol. The lowest BCUT2D eigenvalue weighted by molar-refractivity contribution is 0.251. The number of unbranched alkanes of at least 4 members (excludes halogenated alkanes) is 4. The van der Waals surface area contributed by atoms with Gasteiger partial charge in [-0.1, -0.05) is 50.6 Å². The van der Waals surface area contributed by atoms with E-state index in [2.05, 4.69) is 21.9 Å². The van der Waals surface area contributed by atoms with Gasteiger partial charge in [0.2, 0.25) is 0 Å². The Balaban J connectivity index is 2.07. The van der Waals surface area contributed by atoms with Crippen LogP contribution in [0.15, 0.2) is 12.7 Å². The third kappa shape index (κ3) is 4.14. The summed E-state index contributed by atoms with van der Waals surface area (Å²) in [6.45, 7) is 2.38. The topological polar surface area (TPSA) is 63.8 Å². The van der Waals surface area contributed by atoms with Gasteiger partial charge in [0, 0.05) is 12.6 Å². The van der Waals surface area contributed by atoms with Gasteiger partial charge in [0.1, 0.15) is 11.8 Å². The minimum atomic E-state index is 0.165. The third-order valence-electron chi connectivity index (χ3n) is 3.81. The monoisotopic (exact) mass is 310 g/mol. The summed E-state index contributed by atoms with van der Waals surface area (Å²) in [4.78, 5) is 12.5. The fourth-order valence-corrected chi connectivity index (χ4v) is 2.82. The number of fused-ring (bicyclic) bond motifs is 1. The predicted octanol–water partition coefficient (Wildman–Crippen LogP) is 3.76. The fourth-order valence-electron chi connectivity index (χ4n) is 2.65. The van der Waals surface area contributed by atoms with Crippen LogP contribution in [0.25, 0.3) is 11.2 Å². The molecule has 2 aromatic heterocycles.